The van der Waals surface area contributed by atoms with Crippen molar-refractivity contribution in [1.82, 2.24) is 5.32 Å². The van der Waals surface area contributed by atoms with Crippen LogP contribution in [0.15, 0.2) is 42.5 Å². The van der Waals surface area contributed by atoms with E-state index >= 15 is 0 Å². The number of piperidine rings is 1. The lowest BCUT2D eigenvalue weighted by Crippen LogP contribution is -2.46. The number of halogens is 2. The fraction of sp³-hybridized carbons (Fsp3) is 0.391. The lowest BCUT2D eigenvalue weighted by Gasteiger charge is -2.34. The molecule has 2 heterocycles. The molecule has 2 fully saturated rings. The standard InChI is InChI=1S/C23H25F2N3O3/c1-31-19-5-3-18(4-6-19)27-10-8-17(9-11-27)26-23(30)15-12-22(29)28(14-15)21-7-2-16(24)13-20(21)25/h2-7,13,15,17H,8-12,14H2,1H3,(H,26,30). The Balaban J connectivity index is 1.30. The van der Waals surface area contributed by atoms with Gasteiger partial charge in [-0.05, 0) is 49.2 Å². The summed E-state index contributed by atoms with van der Waals surface area (Å²) in [5.41, 5.74) is 1.12. The maximum absolute atomic E-state index is 14.0. The smallest absolute Gasteiger partial charge is 0.227 e. The van der Waals surface area contributed by atoms with Gasteiger partial charge in [0.05, 0.1) is 18.7 Å². The number of carbonyl (C=O) groups is 2. The predicted molar refractivity (Wildman–Crippen MR) is 113 cm³/mol. The molecule has 2 aliphatic rings. The van der Waals surface area contributed by atoms with Crippen LogP contribution < -0.4 is 19.9 Å². The minimum absolute atomic E-state index is 0.00880. The second-order valence-corrected chi connectivity index (χ2v) is 7.97. The van der Waals surface area contributed by atoms with E-state index in [0.29, 0.717) is 0 Å². The van der Waals surface area contributed by atoms with Gasteiger partial charge in [0.25, 0.3) is 0 Å². The molecule has 1 N–H and O–H groups in total. The number of carbonyl (C=O) groups excluding carboxylic acids is 2. The first-order valence-corrected chi connectivity index (χ1v) is 10.4. The molecule has 0 aliphatic carbocycles. The van der Waals surface area contributed by atoms with Crippen LogP contribution in [0.5, 0.6) is 5.75 Å². The molecule has 2 aromatic rings. The van der Waals surface area contributed by atoms with Crippen molar-refractivity contribution in [1.29, 1.82) is 0 Å². The molecule has 4 rings (SSSR count). The van der Waals surface area contributed by atoms with Gasteiger partial charge >= 0.3 is 0 Å². The Hall–Kier alpha value is -3.16. The van der Waals surface area contributed by atoms with Crippen molar-refractivity contribution >= 4 is 23.2 Å². The topological polar surface area (TPSA) is 61.9 Å². The Kier molecular flexibility index (Phi) is 6.06. The average Bonchev–Trinajstić information content (AvgIpc) is 3.16. The first-order valence-electron chi connectivity index (χ1n) is 10.4. The first kappa shape index (κ1) is 21.1. The Morgan fingerprint density at radius 3 is 2.45 bits per heavy atom. The third kappa shape index (κ3) is 4.62. The molecule has 1 atom stereocenters. The van der Waals surface area contributed by atoms with Gasteiger partial charge in [-0.3, -0.25) is 9.59 Å². The zero-order chi connectivity index (χ0) is 22.0. The van der Waals surface area contributed by atoms with Crippen molar-refractivity contribution in [3.63, 3.8) is 0 Å². The fourth-order valence-corrected chi connectivity index (χ4v) is 4.21. The van der Waals surface area contributed by atoms with E-state index in [0.717, 1.165) is 49.5 Å². The third-order valence-corrected chi connectivity index (χ3v) is 5.98. The average molecular weight is 429 g/mol. The number of nitrogens with zero attached hydrogens (tertiary/aromatic N) is 2. The van der Waals surface area contributed by atoms with Crippen LogP contribution in [0.1, 0.15) is 19.3 Å². The number of amides is 2. The maximum atomic E-state index is 14.0. The minimum Gasteiger partial charge on any atom is -0.497 e. The summed E-state index contributed by atoms with van der Waals surface area (Å²) < 4.78 is 32.4. The molecular formula is C23H25F2N3O3. The Bertz CT molecular complexity index is 959. The Labute approximate surface area is 179 Å². The zero-order valence-electron chi connectivity index (χ0n) is 17.3. The van der Waals surface area contributed by atoms with E-state index in [1.54, 1.807) is 7.11 Å². The quantitative estimate of drug-likeness (QED) is 0.794. The maximum Gasteiger partial charge on any atom is 0.227 e. The number of benzene rings is 2. The van der Waals surface area contributed by atoms with Crippen LogP contribution >= 0.6 is 0 Å². The molecule has 0 spiro atoms. The summed E-state index contributed by atoms with van der Waals surface area (Å²) in [6.45, 7) is 1.72. The largest absolute Gasteiger partial charge is 0.497 e. The number of hydrogen-bond donors (Lipinski definition) is 1. The van der Waals surface area contributed by atoms with Crippen LogP contribution in [0.25, 0.3) is 0 Å². The predicted octanol–water partition coefficient (Wildman–Crippen LogP) is 3.11. The van der Waals surface area contributed by atoms with Gasteiger partial charge in [0.1, 0.15) is 17.4 Å². The highest BCUT2D eigenvalue weighted by molar-refractivity contribution is 6.00. The number of rotatable bonds is 5. The van der Waals surface area contributed by atoms with E-state index in [1.807, 2.05) is 24.3 Å². The normalized spacial score (nSPS) is 19.6. The van der Waals surface area contributed by atoms with Crippen molar-refractivity contribution in [2.45, 2.75) is 25.3 Å². The second kappa shape index (κ2) is 8.91. The van der Waals surface area contributed by atoms with E-state index < -0.39 is 17.6 Å². The summed E-state index contributed by atoms with van der Waals surface area (Å²) in [6, 6.07) is 11.0. The summed E-state index contributed by atoms with van der Waals surface area (Å²) >= 11 is 0. The third-order valence-electron chi connectivity index (χ3n) is 5.98. The van der Waals surface area contributed by atoms with E-state index in [9.17, 15) is 18.4 Å². The molecule has 1 unspecified atom stereocenters. The van der Waals surface area contributed by atoms with E-state index in [2.05, 4.69) is 10.2 Å². The highest BCUT2D eigenvalue weighted by Gasteiger charge is 2.37. The van der Waals surface area contributed by atoms with E-state index in [4.69, 9.17) is 4.74 Å². The van der Waals surface area contributed by atoms with Gasteiger partial charge in [0.2, 0.25) is 11.8 Å². The summed E-state index contributed by atoms with van der Waals surface area (Å²) in [7, 11) is 1.64. The Morgan fingerprint density at radius 2 is 1.81 bits per heavy atom. The molecule has 31 heavy (non-hydrogen) atoms. The molecule has 164 valence electrons. The summed E-state index contributed by atoms with van der Waals surface area (Å²) in [5.74, 6) is -1.77. The summed E-state index contributed by atoms with van der Waals surface area (Å²) in [4.78, 5) is 28.6. The van der Waals surface area contributed by atoms with Crippen molar-refractivity contribution in [3.05, 3.63) is 54.1 Å². The summed E-state index contributed by atoms with van der Waals surface area (Å²) in [6.07, 6.45) is 1.62. The van der Waals surface area contributed by atoms with E-state index in [1.165, 1.54) is 11.0 Å². The highest BCUT2D eigenvalue weighted by Crippen LogP contribution is 2.28. The van der Waals surface area contributed by atoms with Gasteiger partial charge in [-0.15, -0.1) is 0 Å². The van der Waals surface area contributed by atoms with Gasteiger partial charge in [-0.1, -0.05) is 0 Å². The zero-order valence-corrected chi connectivity index (χ0v) is 17.3. The molecule has 0 radical (unpaired) electrons. The molecule has 0 bridgehead atoms. The number of anilines is 2. The molecule has 0 aromatic heterocycles. The van der Waals surface area contributed by atoms with Crippen LogP contribution in [-0.4, -0.2) is 44.6 Å². The number of ether oxygens (including phenoxy) is 1. The lowest BCUT2D eigenvalue weighted by molar-refractivity contribution is -0.127. The van der Waals surface area contributed by atoms with Crippen molar-refractivity contribution in [2.75, 3.05) is 36.5 Å². The summed E-state index contributed by atoms with van der Waals surface area (Å²) in [5, 5.41) is 3.05. The first-order chi connectivity index (χ1) is 14.9. The molecule has 6 nitrogen and oxygen atoms in total. The number of hydrogen-bond acceptors (Lipinski definition) is 4. The monoisotopic (exact) mass is 429 g/mol. The van der Waals surface area contributed by atoms with Gasteiger partial charge in [0, 0.05) is 43.9 Å². The minimum atomic E-state index is -0.805. The number of methoxy groups -OCH3 is 1. The SMILES string of the molecule is COc1ccc(N2CCC(NC(=O)C3CC(=O)N(c4ccc(F)cc4F)C3)CC2)cc1. The van der Waals surface area contributed by atoms with Gasteiger partial charge < -0.3 is 19.9 Å². The van der Waals surface area contributed by atoms with Crippen molar-refractivity contribution in [2.24, 2.45) is 5.92 Å². The lowest BCUT2D eigenvalue weighted by atomic mass is 10.0. The molecule has 2 saturated heterocycles. The van der Waals surface area contributed by atoms with Crippen LogP contribution in [0.4, 0.5) is 20.2 Å². The van der Waals surface area contributed by atoms with Crippen LogP contribution in [0.2, 0.25) is 0 Å². The van der Waals surface area contributed by atoms with Gasteiger partial charge in [-0.25, -0.2) is 8.78 Å². The van der Waals surface area contributed by atoms with E-state index in [-0.39, 0.29) is 36.5 Å². The van der Waals surface area contributed by atoms with Crippen LogP contribution in [0, 0.1) is 17.6 Å². The molecule has 0 saturated carbocycles. The second-order valence-electron chi connectivity index (χ2n) is 7.97. The Morgan fingerprint density at radius 1 is 1.10 bits per heavy atom. The molecule has 2 aliphatic heterocycles. The molecule has 8 heteroatoms. The molecular weight excluding hydrogens is 404 g/mol. The van der Waals surface area contributed by atoms with Gasteiger partial charge in [-0.2, -0.15) is 0 Å². The molecule has 2 aromatic carbocycles. The van der Waals surface area contributed by atoms with Crippen molar-refractivity contribution in [3.8, 4) is 5.75 Å². The fourth-order valence-electron chi connectivity index (χ4n) is 4.21. The van der Waals surface area contributed by atoms with Crippen LogP contribution in [0.3, 0.4) is 0 Å². The number of nitrogens with one attached hydrogen (secondary N) is 1. The molecule has 2 amide bonds. The van der Waals surface area contributed by atoms with Crippen LogP contribution in [-0.2, 0) is 9.59 Å². The van der Waals surface area contributed by atoms with Gasteiger partial charge in [0.15, 0.2) is 0 Å². The van der Waals surface area contributed by atoms with Crippen molar-refractivity contribution < 1.29 is 23.1 Å². The highest BCUT2D eigenvalue weighted by atomic mass is 19.1.